The van der Waals surface area contributed by atoms with E-state index in [0.29, 0.717) is 24.5 Å². The Morgan fingerprint density at radius 2 is 2.18 bits per heavy atom. The van der Waals surface area contributed by atoms with Crippen molar-refractivity contribution in [2.24, 2.45) is 5.92 Å². The Morgan fingerprint density at radius 1 is 1.45 bits per heavy atom. The molecule has 1 saturated heterocycles. The van der Waals surface area contributed by atoms with Gasteiger partial charge in [-0.25, -0.2) is 0 Å². The van der Waals surface area contributed by atoms with Gasteiger partial charge in [-0.05, 0) is 24.5 Å². The molecule has 2 N–H and O–H groups in total. The molecule has 1 aromatic carbocycles. The van der Waals surface area contributed by atoms with Gasteiger partial charge >= 0.3 is 5.97 Å². The molecule has 1 aromatic rings. The minimum Gasteiger partial charge on any atom is -0.481 e. The summed E-state index contributed by atoms with van der Waals surface area (Å²) in [6.07, 6.45) is 0.900. The second-order valence-corrected chi connectivity index (χ2v) is 6.25. The van der Waals surface area contributed by atoms with Gasteiger partial charge in [-0.15, -0.1) is 0 Å². The molecule has 2 unspecified atom stereocenters. The van der Waals surface area contributed by atoms with E-state index in [-0.39, 0.29) is 24.9 Å². The van der Waals surface area contributed by atoms with Crippen LogP contribution in [0, 0.1) is 5.92 Å². The van der Waals surface area contributed by atoms with Crippen LogP contribution in [0.1, 0.15) is 25.3 Å². The molecule has 1 amide bonds. The molecule has 1 heterocycles. The van der Waals surface area contributed by atoms with E-state index in [0.717, 1.165) is 5.56 Å². The van der Waals surface area contributed by atoms with Crippen LogP contribution in [0.4, 0.5) is 0 Å². The summed E-state index contributed by atoms with van der Waals surface area (Å²) in [5, 5.41) is 12.5. The van der Waals surface area contributed by atoms with Crippen LogP contribution >= 0.6 is 11.6 Å². The van der Waals surface area contributed by atoms with Gasteiger partial charge in [0, 0.05) is 17.5 Å². The lowest BCUT2D eigenvalue weighted by Gasteiger charge is -2.28. The Morgan fingerprint density at radius 3 is 2.77 bits per heavy atom. The smallest absolute Gasteiger partial charge is 0.305 e. The summed E-state index contributed by atoms with van der Waals surface area (Å²) < 4.78 is 5.28. The molecule has 0 bridgehead atoms. The number of aliphatic carboxylic acids is 1. The maximum Gasteiger partial charge on any atom is 0.305 e. The van der Waals surface area contributed by atoms with Gasteiger partial charge in [0.15, 0.2) is 0 Å². The first-order chi connectivity index (χ1) is 10.4. The third kappa shape index (κ3) is 4.21. The summed E-state index contributed by atoms with van der Waals surface area (Å²) in [7, 11) is 0. The van der Waals surface area contributed by atoms with Crippen LogP contribution in [0.25, 0.3) is 0 Å². The monoisotopic (exact) mass is 325 g/mol. The molecule has 5 nitrogen and oxygen atoms in total. The Bertz CT molecular complexity index is 555. The van der Waals surface area contributed by atoms with E-state index < -0.39 is 11.5 Å². The molecule has 1 aliphatic heterocycles. The molecule has 0 saturated carbocycles. The van der Waals surface area contributed by atoms with Gasteiger partial charge in [-0.3, -0.25) is 9.59 Å². The summed E-state index contributed by atoms with van der Waals surface area (Å²) in [4.78, 5) is 23.4. The zero-order valence-electron chi connectivity index (χ0n) is 12.5. The first-order valence-corrected chi connectivity index (χ1v) is 7.65. The number of benzene rings is 1. The second-order valence-electron chi connectivity index (χ2n) is 5.84. The van der Waals surface area contributed by atoms with Crippen LogP contribution in [-0.4, -0.2) is 35.7 Å². The van der Waals surface area contributed by atoms with Crippen molar-refractivity contribution in [3.05, 3.63) is 34.9 Å². The number of carboxylic acids is 1. The van der Waals surface area contributed by atoms with Crippen LogP contribution in [0.5, 0.6) is 0 Å². The molecule has 2 rings (SSSR count). The maximum absolute atomic E-state index is 12.4. The Kier molecular flexibility index (Phi) is 5.42. The van der Waals surface area contributed by atoms with E-state index in [2.05, 4.69) is 5.32 Å². The number of rotatable bonds is 6. The lowest BCUT2D eigenvalue weighted by Crippen LogP contribution is -2.52. The lowest BCUT2D eigenvalue weighted by molar-refractivity contribution is -0.139. The third-order valence-electron chi connectivity index (χ3n) is 3.91. The largest absolute Gasteiger partial charge is 0.481 e. The molecular weight excluding hydrogens is 306 g/mol. The Balaban J connectivity index is 2.01. The first kappa shape index (κ1) is 16.8. The highest BCUT2D eigenvalue weighted by molar-refractivity contribution is 6.31. The average molecular weight is 326 g/mol. The number of carboxylic acid groups (broad SMARTS) is 1. The maximum atomic E-state index is 12.4. The number of ether oxygens (including phenoxy) is 1. The van der Waals surface area contributed by atoms with E-state index >= 15 is 0 Å². The van der Waals surface area contributed by atoms with Gasteiger partial charge in [-0.1, -0.05) is 36.7 Å². The summed E-state index contributed by atoms with van der Waals surface area (Å²) in [5.41, 5.74) is 0.110. The standard InChI is InChI=1S/C16H20ClNO4/c1-11(8-12-4-2-3-5-13(12)17)15(21)18-16(9-14(19)20)6-7-22-10-16/h2-5,11H,6-10H2,1H3,(H,18,21)(H,19,20). The Hall–Kier alpha value is -1.59. The first-order valence-electron chi connectivity index (χ1n) is 7.27. The highest BCUT2D eigenvalue weighted by Gasteiger charge is 2.39. The average Bonchev–Trinajstić information content (AvgIpc) is 2.88. The molecule has 0 aromatic heterocycles. The van der Waals surface area contributed by atoms with Gasteiger partial charge in [0.05, 0.1) is 18.6 Å². The van der Waals surface area contributed by atoms with Crippen molar-refractivity contribution >= 4 is 23.5 Å². The van der Waals surface area contributed by atoms with Crippen molar-refractivity contribution in [2.45, 2.75) is 31.7 Å². The molecule has 22 heavy (non-hydrogen) atoms. The van der Waals surface area contributed by atoms with Gasteiger partial charge in [0.25, 0.3) is 0 Å². The number of hydrogen-bond donors (Lipinski definition) is 2. The SMILES string of the molecule is CC(Cc1ccccc1Cl)C(=O)NC1(CC(=O)O)CCOC1. The molecule has 1 fully saturated rings. The minimum absolute atomic E-state index is 0.127. The fraction of sp³-hybridized carbons (Fsp3) is 0.500. The van der Waals surface area contributed by atoms with E-state index in [1.165, 1.54) is 0 Å². The summed E-state index contributed by atoms with van der Waals surface area (Å²) >= 11 is 6.11. The van der Waals surface area contributed by atoms with Crippen molar-refractivity contribution in [1.29, 1.82) is 0 Å². The van der Waals surface area contributed by atoms with E-state index in [4.69, 9.17) is 21.4 Å². The lowest BCUT2D eigenvalue weighted by atomic mass is 9.92. The van der Waals surface area contributed by atoms with Gasteiger partial charge in [-0.2, -0.15) is 0 Å². The van der Waals surface area contributed by atoms with Gasteiger partial charge in [0.1, 0.15) is 0 Å². The Labute approximate surface area is 134 Å². The fourth-order valence-corrected chi connectivity index (χ4v) is 2.86. The van der Waals surface area contributed by atoms with Crippen molar-refractivity contribution < 1.29 is 19.4 Å². The molecule has 0 spiro atoms. The number of amides is 1. The van der Waals surface area contributed by atoms with Crippen molar-refractivity contribution in [2.75, 3.05) is 13.2 Å². The minimum atomic E-state index is -0.940. The molecule has 2 atom stereocenters. The second kappa shape index (κ2) is 7.11. The third-order valence-corrected chi connectivity index (χ3v) is 4.28. The van der Waals surface area contributed by atoms with Crippen molar-refractivity contribution in [1.82, 2.24) is 5.32 Å². The number of halogens is 1. The van der Waals surface area contributed by atoms with Crippen LogP contribution < -0.4 is 5.32 Å². The molecule has 1 aliphatic rings. The topological polar surface area (TPSA) is 75.6 Å². The van der Waals surface area contributed by atoms with Crippen molar-refractivity contribution in [3.8, 4) is 0 Å². The highest BCUT2D eigenvalue weighted by atomic mass is 35.5. The van der Waals surface area contributed by atoms with Gasteiger partial charge < -0.3 is 15.2 Å². The normalized spacial score (nSPS) is 22.3. The van der Waals surface area contributed by atoms with Crippen LogP contribution in [0.3, 0.4) is 0 Å². The van der Waals surface area contributed by atoms with E-state index in [9.17, 15) is 9.59 Å². The zero-order valence-corrected chi connectivity index (χ0v) is 13.2. The van der Waals surface area contributed by atoms with Crippen LogP contribution in [0.2, 0.25) is 5.02 Å². The molecule has 6 heteroatoms. The molecular formula is C16H20ClNO4. The summed E-state index contributed by atoms with van der Waals surface area (Å²) in [6, 6.07) is 7.40. The van der Waals surface area contributed by atoms with Crippen LogP contribution in [-0.2, 0) is 20.7 Å². The predicted octanol–water partition coefficient (Wildman–Crippen LogP) is 2.27. The molecule has 120 valence electrons. The zero-order chi connectivity index (χ0) is 16.2. The fourth-order valence-electron chi connectivity index (χ4n) is 2.65. The number of nitrogens with one attached hydrogen (secondary N) is 1. The van der Waals surface area contributed by atoms with E-state index in [1.54, 1.807) is 6.07 Å². The number of carbonyl (C=O) groups excluding carboxylic acids is 1. The number of carbonyl (C=O) groups is 2. The molecule has 0 radical (unpaired) electrons. The quantitative estimate of drug-likeness (QED) is 0.841. The van der Waals surface area contributed by atoms with Crippen LogP contribution in [0.15, 0.2) is 24.3 Å². The summed E-state index contributed by atoms with van der Waals surface area (Å²) in [6.45, 7) is 2.51. The number of hydrogen-bond acceptors (Lipinski definition) is 3. The predicted molar refractivity (Wildman–Crippen MR) is 82.9 cm³/mol. The van der Waals surface area contributed by atoms with Crippen molar-refractivity contribution in [3.63, 3.8) is 0 Å². The molecule has 0 aliphatic carbocycles. The van der Waals surface area contributed by atoms with Gasteiger partial charge in [0.2, 0.25) is 5.91 Å². The summed E-state index contributed by atoms with van der Waals surface area (Å²) in [5.74, 6) is -1.41. The van der Waals surface area contributed by atoms with E-state index in [1.807, 2.05) is 25.1 Å². The highest BCUT2D eigenvalue weighted by Crippen LogP contribution is 2.24.